The lowest BCUT2D eigenvalue weighted by molar-refractivity contribution is -0.115. The number of carbonyl (C=O) groups is 2. The second-order valence-electron chi connectivity index (χ2n) is 8.02. The highest BCUT2D eigenvalue weighted by molar-refractivity contribution is 7.22. The molecule has 34 heavy (non-hydrogen) atoms. The average molecular weight is 464 g/mol. The van der Waals surface area contributed by atoms with Crippen molar-refractivity contribution in [1.29, 1.82) is 0 Å². The van der Waals surface area contributed by atoms with Crippen molar-refractivity contribution in [2.24, 2.45) is 4.99 Å². The van der Waals surface area contributed by atoms with Crippen molar-refractivity contribution in [2.75, 3.05) is 4.90 Å². The second kappa shape index (κ2) is 9.00. The molecule has 1 aromatic heterocycles. The molecule has 0 radical (unpaired) electrons. The third-order valence-corrected chi connectivity index (χ3v) is 6.60. The van der Waals surface area contributed by atoms with E-state index in [9.17, 15) is 9.59 Å². The summed E-state index contributed by atoms with van der Waals surface area (Å²) in [6.45, 7) is 4.10. The smallest absolute Gasteiger partial charge is 0.284 e. The number of hydrogen-bond donors (Lipinski definition) is 0. The van der Waals surface area contributed by atoms with E-state index in [1.165, 1.54) is 34.0 Å². The lowest BCUT2D eigenvalue weighted by atomic mass is 10.1. The molecule has 0 saturated heterocycles. The van der Waals surface area contributed by atoms with Crippen LogP contribution in [0.15, 0.2) is 95.6 Å². The molecule has 6 heteroatoms. The minimum atomic E-state index is -0.368. The number of fused-ring (bicyclic) bond motifs is 1. The second-order valence-corrected chi connectivity index (χ2v) is 9.03. The molecule has 0 unspecified atom stereocenters. The van der Waals surface area contributed by atoms with Gasteiger partial charge in [-0.25, -0.2) is 14.9 Å². The van der Waals surface area contributed by atoms with E-state index in [4.69, 9.17) is 4.98 Å². The quantitative estimate of drug-likeness (QED) is 0.348. The molecule has 3 aromatic carbocycles. The summed E-state index contributed by atoms with van der Waals surface area (Å²) in [5, 5.41) is 0.531. The number of amides is 1. The van der Waals surface area contributed by atoms with E-state index in [0.717, 1.165) is 26.9 Å². The van der Waals surface area contributed by atoms with Crippen molar-refractivity contribution < 1.29 is 9.59 Å². The number of carbonyl (C=O) groups excluding carboxylic acids is 2. The van der Waals surface area contributed by atoms with E-state index in [1.54, 1.807) is 6.08 Å². The molecule has 0 fully saturated rings. The Morgan fingerprint density at radius 1 is 0.941 bits per heavy atom. The van der Waals surface area contributed by atoms with Crippen LogP contribution in [0.1, 0.15) is 22.3 Å². The van der Waals surface area contributed by atoms with Crippen LogP contribution in [0.4, 0.5) is 5.13 Å². The summed E-state index contributed by atoms with van der Waals surface area (Å²) < 4.78 is 0.998. The summed E-state index contributed by atoms with van der Waals surface area (Å²) in [4.78, 5) is 36.8. The number of amidine groups is 1. The Morgan fingerprint density at radius 2 is 1.62 bits per heavy atom. The Bertz CT molecular complexity index is 1460. The Hall–Kier alpha value is -4.16. The molecule has 166 valence electrons. The number of allylic oxidation sites excluding steroid dienone is 2. The largest absolute Gasteiger partial charge is 0.290 e. The topological polar surface area (TPSA) is 62.6 Å². The zero-order chi connectivity index (χ0) is 23.7. The van der Waals surface area contributed by atoms with Crippen LogP contribution in [-0.4, -0.2) is 22.5 Å². The molecular formula is C28H21N3O2S. The van der Waals surface area contributed by atoms with Crippen molar-refractivity contribution in [3.05, 3.63) is 113 Å². The first-order valence-corrected chi connectivity index (χ1v) is 11.7. The predicted octanol–water partition coefficient (Wildman–Crippen LogP) is 5.87. The van der Waals surface area contributed by atoms with Gasteiger partial charge in [-0.15, -0.1) is 0 Å². The van der Waals surface area contributed by atoms with Crippen LogP contribution in [0, 0.1) is 13.8 Å². The number of hydrogen-bond acceptors (Lipinski definition) is 5. The van der Waals surface area contributed by atoms with Crippen molar-refractivity contribution in [2.45, 2.75) is 13.8 Å². The molecule has 1 amide bonds. The van der Waals surface area contributed by atoms with Gasteiger partial charge in [-0.3, -0.25) is 9.59 Å². The van der Waals surface area contributed by atoms with Crippen LogP contribution >= 0.6 is 11.3 Å². The maximum absolute atomic E-state index is 13.4. The fourth-order valence-corrected chi connectivity index (χ4v) is 4.71. The minimum absolute atomic E-state index is 0.0909. The lowest BCUT2D eigenvalue weighted by Crippen LogP contribution is -2.32. The molecule has 1 aliphatic rings. The molecule has 5 nitrogen and oxygen atoms in total. The fourth-order valence-electron chi connectivity index (χ4n) is 3.66. The first-order chi connectivity index (χ1) is 16.5. The number of rotatable bonds is 5. The molecule has 0 atom stereocenters. The minimum Gasteiger partial charge on any atom is -0.290 e. The number of anilines is 1. The Kier molecular flexibility index (Phi) is 5.74. The molecule has 5 rings (SSSR count). The number of aliphatic imine (C=N–C) groups is 1. The summed E-state index contributed by atoms with van der Waals surface area (Å²) in [5.41, 5.74) is 4.92. The van der Waals surface area contributed by atoms with Gasteiger partial charge in [0.1, 0.15) is 11.5 Å². The van der Waals surface area contributed by atoms with E-state index < -0.39 is 0 Å². The van der Waals surface area contributed by atoms with E-state index in [1.807, 2.05) is 73.7 Å². The van der Waals surface area contributed by atoms with Gasteiger partial charge in [0.15, 0.2) is 10.9 Å². The predicted molar refractivity (Wildman–Crippen MR) is 138 cm³/mol. The summed E-state index contributed by atoms with van der Waals surface area (Å²) in [6.07, 6.45) is 4.45. The van der Waals surface area contributed by atoms with Crippen molar-refractivity contribution in [1.82, 2.24) is 4.98 Å². The van der Waals surface area contributed by atoms with Crippen LogP contribution in [0.25, 0.3) is 16.3 Å². The first kappa shape index (κ1) is 21.7. The number of aromatic nitrogens is 1. The number of thiazole rings is 1. The third-order valence-electron chi connectivity index (χ3n) is 5.59. The highest BCUT2D eigenvalue weighted by atomic mass is 32.1. The van der Waals surface area contributed by atoms with Crippen LogP contribution in [0.3, 0.4) is 0 Å². The molecule has 0 bridgehead atoms. The summed E-state index contributed by atoms with van der Waals surface area (Å²) in [7, 11) is 0. The van der Waals surface area contributed by atoms with Gasteiger partial charge >= 0.3 is 0 Å². The van der Waals surface area contributed by atoms with Gasteiger partial charge in [-0.1, -0.05) is 78.1 Å². The van der Waals surface area contributed by atoms with Gasteiger partial charge in [0, 0.05) is 11.6 Å². The summed E-state index contributed by atoms with van der Waals surface area (Å²) in [6, 6.07) is 23.1. The van der Waals surface area contributed by atoms with E-state index in [-0.39, 0.29) is 17.4 Å². The van der Waals surface area contributed by atoms with Gasteiger partial charge in [0.2, 0.25) is 0 Å². The maximum Gasteiger partial charge on any atom is 0.284 e. The zero-order valence-electron chi connectivity index (χ0n) is 18.7. The Morgan fingerprint density at radius 3 is 2.35 bits per heavy atom. The molecule has 0 N–H and O–H groups in total. The van der Waals surface area contributed by atoms with Crippen LogP contribution in [0.5, 0.6) is 0 Å². The fraction of sp³-hybridized carbons (Fsp3) is 0.0714. The van der Waals surface area contributed by atoms with Crippen molar-refractivity contribution >= 4 is 50.3 Å². The SMILES string of the molecule is Cc1cc2nc(N3C(=O)/C(=C/C(=O)/C=C/c4ccccc4)N=C3c3ccccc3)sc2cc1C. The van der Waals surface area contributed by atoms with Crippen LogP contribution in [0.2, 0.25) is 0 Å². The van der Waals surface area contributed by atoms with Gasteiger partial charge < -0.3 is 0 Å². The first-order valence-electron chi connectivity index (χ1n) is 10.8. The molecule has 1 aliphatic heterocycles. The third kappa shape index (κ3) is 4.23. The lowest BCUT2D eigenvalue weighted by Gasteiger charge is -2.14. The van der Waals surface area contributed by atoms with Gasteiger partial charge in [-0.05, 0) is 48.7 Å². The molecule has 2 heterocycles. The molecule has 0 aliphatic carbocycles. The zero-order valence-corrected chi connectivity index (χ0v) is 19.5. The summed E-state index contributed by atoms with van der Waals surface area (Å²) in [5.74, 6) is -0.210. The molecule has 4 aromatic rings. The molecular weight excluding hydrogens is 442 g/mol. The van der Waals surface area contributed by atoms with Gasteiger partial charge in [-0.2, -0.15) is 0 Å². The highest BCUT2D eigenvalue weighted by Gasteiger charge is 2.34. The number of aryl methyl sites for hydroxylation is 2. The average Bonchev–Trinajstić information content (AvgIpc) is 3.39. The normalized spacial score (nSPS) is 15.0. The Balaban J connectivity index is 1.53. The van der Waals surface area contributed by atoms with E-state index >= 15 is 0 Å². The van der Waals surface area contributed by atoms with Crippen LogP contribution < -0.4 is 4.90 Å². The van der Waals surface area contributed by atoms with Crippen molar-refractivity contribution in [3.8, 4) is 0 Å². The Labute approximate surface area is 201 Å². The standard InChI is InChI=1S/C28H21N3O2S/c1-18-15-23-25(16-19(18)2)34-28(30-23)31-26(21-11-7-4-8-12-21)29-24(27(31)33)17-22(32)14-13-20-9-5-3-6-10-20/h3-17H,1-2H3/b14-13+,24-17-. The highest BCUT2D eigenvalue weighted by Crippen LogP contribution is 2.34. The van der Waals surface area contributed by atoms with Gasteiger partial charge in [0.05, 0.1) is 10.2 Å². The summed E-state index contributed by atoms with van der Waals surface area (Å²) >= 11 is 1.44. The van der Waals surface area contributed by atoms with Gasteiger partial charge in [0.25, 0.3) is 5.91 Å². The molecule has 0 saturated carbocycles. The van der Waals surface area contributed by atoms with Crippen LogP contribution in [-0.2, 0) is 9.59 Å². The van der Waals surface area contributed by atoms with E-state index in [2.05, 4.69) is 18.0 Å². The number of benzene rings is 3. The number of nitrogens with zero attached hydrogens (tertiary/aromatic N) is 3. The monoisotopic (exact) mass is 463 g/mol. The maximum atomic E-state index is 13.4. The number of ketones is 1. The van der Waals surface area contributed by atoms with Crippen molar-refractivity contribution in [3.63, 3.8) is 0 Å². The van der Waals surface area contributed by atoms with E-state index in [0.29, 0.717) is 11.0 Å². The molecule has 0 spiro atoms.